The number of nitrogens with one attached hydrogen (secondary N) is 1. The van der Waals surface area contributed by atoms with E-state index in [0.29, 0.717) is 5.69 Å². The van der Waals surface area contributed by atoms with Crippen LogP contribution in [-0.2, 0) is 0 Å². The van der Waals surface area contributed by atoms with Crippen molar-refractivity contribution < 1.29 is 13.2 Å². The van der Waals surface area contributed by atoms with Gasteiger partial charge in [0.2, 0.25) is 0 Å². The number of hydrogen-bond donors (Lipinski definition) is 2. The maximum atomic E-state index is 14.2. The molecule has 2 rings (SSSR count). The van der Waals surface area contributed by atoms with E-state index in [-0.39, 0.29) is 17.8 Å². The van der Waals surface area contributed by atoms with E-state index < -0.39 is 23.3 Å². The second-order valence-corrected chi connectivity index (χ2v) is 4.43. The maximum absolute atomic E-state index is 14.2. The molecule has 0 amide bonds. The first kappa shape index (κ1) is 14.9. The van der Waals surface area contributed by atoms with Crippen LogP contribution >= 0.6 is 0 Å². The average Bonchev–Trinajstić information content (AvgIpc) is 2.42. The largest absolute Gasteiger partial charge is 0.384 e. The first-order valence-corrected chi connectivity index (χ1v) is 6.30. The number of amidine groups is 1. The molecule has 0 aliphatic heterocycles. The highest BCUT2D eigenvalue weighted by Crippen LogP contribution is 2.31. The van der Waals surface area contributed by atoms with E-state index in [1.165, 1.54) is 23.1 Å². The van der Waals surface area contributed by atoms with E-state index in [0.717, 1.165) is 12.1 Å². The van der Waals surface area contributed by atoms with E-state index in [1.54, 1.807) is 13.0 Å². The van der Waals surface area contributed by atoms with Gasteiger partial charge in [0, 0.05) is 17.8 Å². The van der Waals surface area contributed by atoms with Gasteiger partial charge in [-0.05, 0) is 37.3 Å². The third-order valence-corrected chi connectivity index (χ3v) is 3.03. The molecule has 110 valence electrons. The molecule has 21 heavy (non-hydrogen) atoms. The number of rotatable bonds is 4. The molecule has 6 heteroatoms. The van der Waals surface area contributed by atoms with Crippen molar-refractivity contribution in [2.24, 2.45) is 5.73 Å². The van der Waals surface area contributed by atoms with Crippen LogP contribution in [0.1, 0.15) is 12.5 Å². The molecule has 0 aromatic heterocycles. The highest BCUT2D eigenvalue weighted by atomic mass is 19.1. The molecule has 0 radical (unpaired) electrons. The summed E-state index contributed by atoms with van der Waals surface area (Å²) in [6.45, 7) is 1.94. The highest BCUT2D eigenvalue weighted by Gasteiger charge is 2.19. The van der Waals surface area contributed by atoms with Crippen LogP contribution in [0.25, 0.3) is 0 Å². The van der Waals surface area contributed by atoms with Crippen LogP contribution in [0.5, 0.6) is 0 Å². The second-order valence-electron chi connectivity index (χ2n) is 4.43. The summed E-state index contributed by atoms with van der Waals surface area (Å²) in [6, 6.07) is 7.45. The van der Waals surface area contributed by atoms with Crippen molar-refractivity contribution in [2.75, 3.05) is 11.4 Å². The lowest BCUT2D eigenvalue weighted by Gasteiger charge is -2.24. The van der Waals surface area contributed by atoms with Crippen LogP contribution in [0.2, 0.25) is 0 Å². The summed E-state index contributed by atoms with van der Waals surface area (Å²) < 4.78 is 41.6. The minimum absolute atomic E-state index is 0.0379. The van der Waals surface area contributed by atoms with Crippen LogP contribution in [0.4, 0.5) is 24.5 Å². The number of benzene rings is 2. The van der Waals surface area contributed by atoms with Crippen LogP contribution in [-0.4, -0.2) is 12.4 Å². The Balaban J connectivity index is 2.55. The summed E-state index contributed by atoms with van der Waals surface area (Å²) in [5, 5.41) is 7.22. The molecule has 0 unspecified atom stereocenters. The van der Waals surface area contributed by atoms with Gasteiger partial charge in [-0.3, -0.25) is 5.41 Å². The third-order valence-electron chi connectivity index (χ3n) is 3.03. The number of nitrogens with two attached hydrogens (primary N) is 1. The fourth-order valence-electron chi connectivity index (χ4n) is 2.09. The van der Waals surface area contributed by atoms with Crippen molar-refractivity contribution in [3.05, 3.63) is 59.4 Å². The summed E-state index contributed by atoms with van der Waals surface area (Å²) in [6.07, 6.45) is 0. The summed E-state index contributed by atoms with van der Waals surface area (Å²) in [5.74, 6) is -2.63. The molecule has 0 atom stereocenters. The quantitative estimate of drug-likeness (QED) is 0.669. The van der Waals surface area contributed by atoms with Gasteiger partial charge < -0.3 is 10.6 Å². The summed E-state index contributed by atoms with van der Waals surface area (Å²) in [5.41, 5.74) is 5.23. The topological polar surface area (TPSA) is 53.1 Å². The fourth-order valence-corrected chi connectivity index (χ4v) is 2.09. The molecule has 0 spiro atoms. The predicted molar refractivity (Wildman–Crippen MR) is 76.5 cm³/mol. The third kappa shape index (κ3) is 2.99. The van der Waals surface area contributed by atoms with Gasteiger partial charge in [-0.2, -0.15) is 0 Å². The van der Waals surface area contributed by atoms with Gasteiger partial charge in [0.1, 0.15) is 17.3 Å². The molecule has 0 saturated carbocycles. The zero-order valence-electron chi connectivity index (χ0n) is 11.3. The minimum Gasteiger partial charge on any atom is -0.384 e. The van der Waals surface area contributed by atoms with Gasteiger partial charge in [-0.1, -0.05) is 6.07 Å². The zero-order chi connectivity index (χ0) is 15.6. The molecule has 0 saturated heterocycles. The first-order chi connectivity index (χ1) is 9.93. The summed E-state index contributed by atoms with van der Waals surface area (Å²) in [4.78, 5) is 1.32. The highest BCUT2D eigenvalue weighted by molar-refractivity contribution is 5.95. The van der Waals surface area contributed by atoms with Crippen molar-refractivity contribution in [1.82, 2.24) is 0 Å². The molecule has 2 aromatic rings. The zero-order valence-corrected chi connectivity index (χ0v) is 11.3. The minimum atomic E-state index is -0.855. The fraction of sp³-hybridized carbons (Fsp3) is 0.133. The SMILES string of the molecule is CCN(c1cccc(F)c1)c1c(F)cc(C(=N)N)cc1F. The Morgan fingerprint density at radius 1 is 1.14 bits per heavy atom. The smallest absolute Gasteiger partial charge is 0.150 e. The van der Waals surface area contributed by atoms with Crippen LogP contribution in [0, 0.1) is 22.9 Å². The number of nitrogens with zero attached hydrogens (tertiary/aromatic N) is 1. The first-order valence-electron chi connectivity index (χ1n) is 6.30. The van der Waals surface area contributed by atoms with Crippen molar-refractivity contribution in [2.45, 2.75) is 6.92 Å². The van der Waals surface area contributed by atoms with E-state index in [9.17, 15) is 13.2 Å². The molecule has 2 aromatic carbocycles. The predicted octanol–water partition coefficient (Wildman–Crippen LogP) is 3.55. The van der Waals surface area contributed by atoms with Gasteiger partial charge in [0.05, 0.1) is 0 Å². The Kier molecular flexibility index (Phi) is 4.16. The lowest BCUT2D eigenvalue weighted by molar-refractivity contribution is 0.580. The Morgan fingerprint density at radius 3 is 2.24 bits per heavy atom. The molecule has 3 nitrogen and oxygen atoms in total. The Bertz CT molecular complexity index is 663. The standard InChI is InChI=1S/C15H14F3N3/c1-2-21(11-5-3-4-10(16)8-11)14-12(17)6-9(15(19)20)7-13(14)18/h3-8H,2H2,1H3,(H3,19,20). The van der Waals surface area contributed by atoms with E-state index >= 15 is 0 Å². The van der Waals surface area contributed by atoms with Gasteiger partial charge in [0.15, 0.2) is 11.6 Å². The number of nitrogen functional groups attached to an aromatic ring is 1. The lowest BCUT2D eigenvalue weighted by atomic mass is 10.1. The van der Waals surface area contributed by atoms with Crippen molar-refractivity contribution in [1.29, 1.82) is 5.41 Å². The number of anilines is 2. The van der Waals surface area contributed by atoms with Crippen molar-refractivity contribution >= 4 is 17.2 Å². The normalized spacial score (nSPS) is 10.5. The molecular formula is C15H14F3N3. The number of hydrogen-bond acceptors (Lipinski definition) is 2. The summed E-state index contributed by atoms with van der Waals surface area (Å²) >= 11 is 0. The van der Waals surface area contributed by atoms with E-state index in [2.05, 4.69) is 0 Å². The van der Waals surface area contributed by atoms with Gasteiger partial charge in [0.25, 0.3) is 0 Å². The molecular weight excluding hydrogens is 279 g/mol. The maximum Gasteiger partial charge on any atom is 0.150 e. The van der Waals surface area contributed by atoms with Crippen molar-refractivity contribution in [3.63, 3.8) is 0 Å². The van der Waals surface area contributed by atoms with Crippen LogP contribution in [0.3, 0.4) is 0 Å². The Hall–Kier alpha value is -2.50. The monoisotopic (exact) mass is 293 g/mol. The molecule has 0 bridgehead atoms. The second kappa shape index (κ2) is 5.87. The number of halogens is 3. The van der Waals surface area contributed by atoms with E-state index in [4.69, 9.17) is 11.1 Å². The van der Waals surface area contributed by atoms with Gasteiger partial charge in [-0.15, -0.1) is 0 Å². The van der Waals surface area contributed by atoms with Crippen molar-refractivity contribution in [3.8, 4) is 0 Å². The molecule has 0 aliphatic carbocycles. The Morgan fingerprint density at radius 2 is 1.76 bits per heavy atom. The molecule has 0 aliphatic rings. The molecule has 3 N–H and O–H groups in total. The lowest BCUT2D eigenvalue weighted by Crippen LogP contribution is -2.20. The summed E-state index contributed by atoms with van der Waals surface area (Å²) in [7, 11) is 0. The van der Waals surface area contributed by atoms with E-state index in [1.807, 2.05) is 0 Å². The molecule has 0 heterocycles. The molecule has 0 fully saturated rings. The van der Waals surface area contributed by atoms with Gasteiger partial charge >= 0.3 is 0 Å². The average molecular weight is 293 g/mol. The Labute approximate surface area is 120 Å². The van der Waals surface area contributed by atoms with Gasteiger partial charge in [-0.25, -0.2) is 13.2 Å². The van der Waals surface area contributed by atoms with Crippen LogP contribution < -0.4 is 10.6 Å². The van der Waals surface area contributed by atoms with Crippen LogP contribution in [0.15, 0.2) is 36.4 Å².